The molecule has 8 nitrogen and oxygen atoms in total. The third kappa shape index (κ3) is 5.74. The normalized spacial score (nSPS) is 25.5. The Bertz CT molecular complexity index is 2590. The van der Waals surface area contributed by atoms with Crippen LogP contribution < -0.4 is 10.3 Å². The predicted molar refractivity (Wildman–Crippen MR) is 203 cm³/mol. The average molecular weight is 810 g/mol. The summed E-state index contributed by atoms with van der Waals surface area (Å²) in [5, 5.41) is 14.2. The van der Waals surface area contributed by atoms with E-state index in [4.69, 9.17) is 0 Å². The number of hydrazine groups is 1. The number of amides is 4. The molecular weight excluding hydrogens is 776 g/mol. The number of allylic oxidation sites excluding steroid dienone is 2. The van der Waals surface area contributed by atoms with Gasteiger partial charge in [-0.05, 0) is 67.0 Å². The number of anilines is 2. The molecule has 2 N–H and O–H groups in total. The standard InChI is InChI=1S/C45H33F6N3O5/c1-23-11-14-28(15-12-23)52-54-40(57)35-22-34-31(17-18-32-36(34)41(58)53(39(32)56)29-20-26(44(46,47)48)19-27(21-29)45(49,50)51)37(43(35,42(54)59)25-8-3-2-4-9-25)33-16-13-24-7-5-6-10-30(24)38(33)55/h2-17,19-21,32,34-37,52,55H,18,22H2,1H3/t32-,34+,35-,36-,37+,43+/m0/s1. The number of alkyl halides is 6. The second-order valence-corrected chi connectivity index (χ2v) is 15.6. The van der Waals surface area contributed by atoms with Crippen LogP contribution in [0.15, 0.2) is 121 Å². The Morgan fingerprint density at radius 3 is 2.03 bits per heavy atom. The molecule has 2 heterocycles. The fourth-order valence-electron chi connectivity index (χ4n) is 9.92. The summed E-state index contributed by atoms with van der Waals surface area (Å²) in [6.45, 7) is 1.87. The molecule has 2 aliphatic heterocycles. The molecule has 9 rings (SSSR count). The summed E-state index contributed by atoms with van der Waals surface area (Å²) < 4.78 is 83.8. The molecule has 0 spiro atoms. The number of fused-ring (bicyclic) bond motifs is 5. The topological polar surface area (TPSA) is 107 Å². The molecule has 2 saturated heterocycles. The first-order chi connectivity index (χ1) is 28.0. The molecule has 4 aliphatic rings. The summed E-state index contributed by atoms with van der Waals surface area (Å²) in [7, 11) is 0. The van der Waals surface area contributed by atoms with Crippen LogP contribution in [0.5, 0.6) is 5.75 Å². The number of carbonyl (C=O) groups excluding carboxylic acids is 4. The highest BCUT2D eigenvalue weighted by molar-refractivity contribution is 6.22. The first-order valence-electron chi connectivity index (χ1n) is 18.9. The minimum Gasteiger partial charge on any atom is -0.507 e. The van der Waals surface area contributed by atoms with E-state index < -0.39 is 87.8 Å². The number of aromatic hydroxyl groups is 1. The van der Waals surface area contributed by atoms with Gasteiger partial charge in [-0.25, -0.2) is 4.90 Å². The van der Waals surface area contributed by atoms with E-state index in [9.17, 15) is 45.8 Å². The maximum Gasteiger partial charge on any atom is 0.416 e. The number of nitrogens with one attached hydrogen (secondary N) is 1. The Morgan fingerprint density at radius 2 is 1.37 bits per heavy atom. The van der Waals surface area contributed by atoms with Crippen LogP contribution in [0.3, 0.4) is 0 Å². The van der Waals surface area contributed by atoms with Gasteiger partial charge in [-0.15, -0.1) is 0 Å². The van der Waals surface area contributed by atoms with Gasteiger partial charge in [0, 0.05) is 16.9 Å². The van der Waals surface area contributed by atoms with Crippen LogP contribution >= 0.6 is 0 Å². The van der Waals surface area contributed by atoms with Gasteiger partial charge in [0.25, 0.3) is 11.8 Å². The van der Waals surface area contributed by atoms with Gasteiger partial charge >= 0.3 is 12.4 Å². The van der Waals surface area contributed by atoms with Crippen molar-refractivity contribution >= 4 is 45.8 Å². The number of phenols is 1. The molecule has 5 aromatic rings. The molecule has 14 heteroatoms. The number of benzene rings is 5. The quantitative estimate of drug-likeness (QED) is 0.104. The minimum atomic E-state index is -5.24. The van der Waals surface area contributed by atoms with Gasteiger partial charge in [0.15, 0.2) is 0 Å². The van der Waals surface area contributed by atoms with Crippen LogP contribution in [0.25, 0.3) is 10.8 Å². The van der Waals surface area contributed by atoms with Crippen LogP contribution in [0.4, 0.5) is 37.7 Å². The van der Waals surface area contributed by atoms with Crippen molar-refractivity contribution in [2.45, 2.75) is 43.5 Å². The smallest absolute Gasteiger partial charge is 0.416 e. The maximum atomic E-state index is 15.4. The monoisotopic (exact) mass is 809 g/mol. The van der Waals surface area contributed by atoms with Gasteiger partial charge < -0.3 is 5.11 Å². The van der Waals surface area contributed by atoms with E-state index in [0.29, 0.717) is 44.6 Å². The third-order valence-electron chi connectivity index (χ3n) is 12.5. The van der Waals surface area contributed by atoms with Crippen LogP contribution in [-0.2, 0) is 36.9 Å². The highest BCUT2D eigenvalue weighted by Gasteiger charge is 2.70. The van der Waals surface area contributed by atoms with Crippen molar-refractivity contribution in [3.63, 3.8) is 0 Å². The SMILES string of the molecule is Cc1ccc(NN2C(=O)[C@@H]3C[C@@H]4C(=CC[C@@H]5C(=O)N(c6cc(C(F)(F)F)cc(C(F)(F)F)c6)C(=O)[C@@H]54)[C@H](c4ccc5ccccc5c4O)[C@]3(c3ccccc3)C2=O)cc1. The Hall–Kier alpha value is -6.44. The third-order valence-corrected chi connectivity index (χ3v) is 12.5. The van der Waals surface area contributed by atoms with Crippen LogP contribution in [0.1, 0.15) is 46.6 Å². The number of aryl methyl sites for hydroxylation is 1. The molecule has 3 fully saturated rings. The van der Waals surface area contributed by atoms with E-state index in [0.717, 1.165) is 10.6 Å². The molecule has 1 saturated carbocycles. The highest BCUT2D eigenvalue weighted by Crippen LogP contribution is 2.65. The summed E-state index contributed by atoms with van der Waals surface area (Å²) in [6, 6.07) is 26.6. The van der Waals surface area contributed by atoms with Gasteiger partial charge in [-0.2, -0.15) is 31.4 Å². The highest BCUT2D eigenvalue weighted by atomic mass is 19.4. The van der Waals surface area contributed by atoms with Crippen molar-refractivity contribution < 1.29 is 50.6 Å². The largest absolute Gasteiger partial charge is 0.507 e. The van der Waals surface area contributed by atoms with E-state index in [1.807, 2.05) is 6.92 Å². The molecule has 0 unspecified atom stereocenters. The zero-order valence-electron chi connectivity index (χ0n) is 31.0. The summed E-state index contributed by atoms with van der Waals surface area (Å²) in [4.78, 5) is 59.5. The van der Waals surface area contributed by atoms with Crippen molar-refractivity contribution in [2.24, 2.45) is 23.7 Å². The number of halogens is 6. The predicted octanol–water partition coefficient (Wildman–Crippen LogP) is 9.08. The van der Waals surface area contributed by atoms with Crippen molar-refractivity contribution in [3.8, 4) is 5.75 Å². The number of phenolic OH excluding ortho intramolecular Hbond substituents is 1. The van der Waals surface area contributed by atoms with Crippen LogP contribution in [-0.4, -0.2) is 33.7 Å². The number of hydrogen-bond donors (Lipinski definition) is 2. The van der Waals surface area contributed by atoms with Gasteiger partial charge in [0.05, 0.1) is 45.7 Å². The van der Waals surface area contributed by atoms with Gasteiger partial charge in [-0.1, -0.05) is 96.1 Å². The second kappa shape index (κ2) is 13.3. The fourth-order valence-corrected chi connectivity index (χ4v) is 9.92. The van der Waals surface area contributed by atoms with Crippen molar-refractivity contribution in [1.29, 1.82) is 0 Å². The molecule has 0 bridgehead atoms. The molecule has 0 radical (unpaired) electrons. The zero-order valence-corrected chi connectivity index (χ0v) is 31.0. The summed E-state index contributed by atoms with van der Waals surface area (Å²) in [6.07, 6.45) is -9.14. The Labute approximate surface area is 332 Å². The molecule has 6 atom stereocenters. The molecule has 0 aromatic heterocycles. The van der Waals surface area contributed by atoms with E-state index in [1.165, 1.54) is 0 Å². The number of rotatable bonds is 5. The first-order valence-corrected chi connectivity index (χ1v) is 18.9. The summed E-state index contributed by atoms with van der Waals surface area (Å²) in [5.41, 5.74) is -0.529. The van der Waals surface area contributed by atoms with Crippen molar-refractivity contribution in [3.05, 3.63) is 149 Å². The maximum absolute atomic E-state index is 15.4. The van der Waals surface area contributed by atoms with Gasteiger partial charge in [0.2, 0.25) is 11.8 Å². The van der Waals surface area contributed by atoms with Crippen molar-refractivity contribution in [2.75, 3.05) is 10.3 Å². The lowest BCUT2D eigenvalue weighted by Gasteiger charge is -2.50. The lowest BCUT2D eigenvalue weighted by atomic mass is 9.49. The van der Waals surface area contributed by atoms with Gasteiger partial charge in [0.1, 0.15) is 5.75 Å². The lowest BCUT2D eigenvalue weighted by molar-refractivity contribution is -0.143. The van der Waals surface area contributed by atoms with Crippen molar-refractivity contribution in [1.82, 2.24) is 5.01 Å². The molecule has 4 amide bonds. The Kier molecular flexibility index (Phi) is 8.59. The fraction of sp³-hybridized carbons (Fsp3) is 0.244. The first kappa shape index (κ1) is 38.1. The summed E-state index contributed by atoms with van der Waals surface area (Å²) >= 11 is 0. The van der Waals surface area contributed by atoms with E-state index in [1.54, 1.807) is 97.1 Å². The number of carbonyl (C=O) groups is 4. The zero-order chi connectivity index (χ0) is 41.8. The van der Waals surface area contributed by atoms with E-state index in [-0.39, 0.29) is 30.2 Å². The molecule has 59 heavy (non-hydrogen) atoms. The van der Waals surface area contributed by atoms with E-state index in [2.05, 4.69) is 5.43 Å². The Morgan fingerprint density at radius 1 is 0.729 bits per heavy atom. The van der Waals surface area contributed by atoms with Crippen LogP contribution in [0, 0.1) is 30.6 Å². The average Bonchev–Trinajstić information content (AvgIpc) is 3.59. The molecule has 2 aliphatic carbocycles. The number of imide groups is 2. The minimum absolute atomic E-state index is 0.0781. The summed E-state index contributed by atoms with van der Waals surface area (Å²) in [5.74, 6) is -9.39. The van der Waals surface area contributed by atoms with Gasteiger partial charge in [-0.3, -0.25) is 24.6 Å². The van der Waals surface area contributed by atoms with Crippen LogP contribution in [0.2, 0.25) is 0 Å². The second-order valence-electron chi connectivity index (χ2n) is 15.6. The Balaban J connectivity index is 1.24. The van der Waals surface area contributed by atoms with E-state index >= 15 is 4.79 Å². The number of hydrogen-bond acceptors (Lipinski definition) is 6. The lowest BCUT2D eigenvalue weighted by Crippen LogP contribution is -2.53. The molecule has 300 valence electrons. The molecule has 5 aromatic carbocycles. The molecular formula is C45H33F6N3O5. The number of nitrogens with zero attached hydrogens (tertiary/aromatic N) is 2.